The van der Waals surface area contributed by atoms with E-state index in [1.54, 1.807) is 0 Å². The highest BCUT2D eigenvalue weighted by Gasteiger charge is 2.38. The number of hydrogen-bond donors (Lipinski definition) is 2. The number of alkyl halides is 3. The maximum absolute atomic E-state index is 13.4. The van der Waals surface area contributed by atoms with Crippen LogP contribution in [0.25, 0.3) is 0 Å². The Bertz CT molecular complexity index is 1340. The maximum atomic E-state index is 13.4. The zero-order chi connectivity index (χ0) is 24.6. The van der Waals surface area contributed by atoms with Gasteiger partial charge in [-0.25, -0.2) is 17.9 Å². The Morgan fingerprint density at radius 3 is 2.39 bits per heavy atom. The van der Waals surface area contributed by atoms with Gasteiger partial charge in [0.15, 0.2) is 5.69 Å². The van der Waals surface area contributed by atoms with Gasteiger partial charge in [-0.15, -0.1) is 10.2 Å². The monoisotopic (exact) mass is 484 g/mol. The highest BCUT2D eigenvalue weighted by molar-refractivity contribution is 7.89. The van der Waals surface area contributed by atoms with E-state index >= 15 is 0 Å². The van der Waals surface area contributed by atoms with Crippen molar-refractivity contribution in [3.05, 3.63) is 70.7 Å². The van der Waals surface area contributed by atoms with Crippen molar-refractivity contribution < 1.29 is 35.5 Å². The normalized spacial score (nSPS) is 11.8. The van der Waals surface area contributed by atoms with Crippen LogP contribution in [0.4, 0.5) is 23.2 Å². The number of ether oxygens (including phenoxy) is 1. The summed E-state index contributed by atoms with van der Waals surface area (Å²) >= 11 is 0. The summed E-state index contributed by atoms with van der Waals surface area (Å²) in [4.78, 5) is 12.6. The van der Waals surface area contributed by atoms with E-state index in [9.17, 15) is 30.8 Å². The summed E-state index contributed by atoms with van der Waals surface area (Å²) < 4.78 is 82.1. The molecule has 0 bridgehead atoms. The molecule has 0 unspecified atom stereocenters. The highest BCUT2D eigenvalue weighted by atomic mass is 32.2. The lowest BCUT2D eigenvalue weighted by molar-refractivity contribution is -0.142. The van der Waals surface area contributed by atoms with Gasteiger partial charge in [-0.3, -0.25) is 4.79 Å². The Balaban J connectivity index is 2.08. The smallest absolute Gasteiger partial charge is 0.435 e. The largest absolute Gasteiger partial charge is 0.437 e. The van der Waals surface area contributed by atoms with E-state index in [2.05, 4.69) is 15.5 Å². The van der Waals surface area contributed by atoms with Crippen molar-refractivity contribution in [2.75, 3.05) is 5.32 Å². The number of nitrogens with zero attached hydrogens (tertiary/aromatic N) is 2. The third-order valence-corrected chi connectivity index (χ3v) is 5.36. The molecule has 0 atom stereocenters. The second-order valence-corrected chi connectivity index (χ2v) is 8.45. The van der Waals surface area contributed by atoms with Gasteiger partial charge in [0.25, 0.3) is 11.8 Å². The molecule has 0 saturated heterocycles. The summed E-state index contributed by atoms with van der Waals surface area (Å²) in [6.07, 6.45) is -4.91. The van der Waals surface area contributed by atoms with Gasteiger partial charge in [0.05, 0.1) is 4.90 Å². The third-order valence-electron chi connectivity index (χ3n) is 4.44. The molecule has 0 aliphatic carbocycles. The summed E-state index contributed by atoms with van der Waals surface area (Å²) in [6, 6.07) is 8.21. The molecule has 0 radical (unpaired) electrons. The molecule has 13 heteroatoms. The van der Waals surface area contributed by atoms with Gasteiger partial charge < -0.3 is 10.1 Å². The Kier molecular flexibility index (Phi) is 6.38. The van der Waals surface area contributed by atoms with E-state index < -0.39 is 50.6 Å². The Hall–Kier alpha value is -3.58. The van der Waals surface area contributed by atoms with E-state index in [1.807, 2.05) is 0 Å². The standard InChI is InChI=1S/C20H16F4N4O4S/c1-10-8-12(21)6-7-15(10)32-19-16(11(2)17(27-28-19)20(22,23)24)18(29)26-13-4-3-5-14(9-13)33(25,30)31/h3-9H,1-2H3,(H,26,29)(H2,25,30,31). The number of carbonyl (C=O) groups is 1. The summed E-state index contributed by atoms with van der Waals surface area (Å²) in [6.45, 7) is 2.50. The van der Waals surface area contributed by atoms with Gasteiger partial charge in [0.2, 0.25) is 10.0 Å². The molecule has 8 nitrogen and oxygen atoms in total. The number of aryl methyl sites for hydroxylation is 1. The average Bonchev–Trinajstić information content (AvgIpc) is 2.68. The van der Waals surface area contributed by atoms with E-state index in [4.69, 9.17) is 9.88 Å². The fourth-order valence-electron chi connectivity index (χ4n) is 2.88. The molecule has 0 aliphatic rings. The Morgan fingerprint density at radius 2 is 1.79 bits per heavy atom. The zero-order valence-corrected chi connectivity index (χ0v) is 17.9. The molecule has 2 aromatic carbocycles. The number of rotatable bonds is 5. The first-order chi connectivity index (χ1) is 15.3. The molecular formula is C20H16F4N4O4S. The number of sulfonamides is 1. The first kappa shape index (κ1) is 24.1. The van der Waals surface area contributed by atoms with Crippen LogP contribution in [0.15, 0.2) is 47.4 Å². The molecule has 1 heterocycles. The second kappa shape index (κ2) is 8.75. The number of hydrogen-bond acceptors (Lipinski definition) is 6. The number of nitrogens with one attached hydrogen (secondary N) is 1. The average molecular weight is 484 g/mol. The van der Waals surface area contributed by atoms with Gasteiger partial charge in [-0.2, -0.15) is 13.2 Å². The fraction of sp³-hybridized carbons (Fsp3) is 0.150. The fourth-order valence-corrected chi connectivity index (χ4v) is 3.44. The van der Waals surface area contributed by atoms with Gasteiger partial charge >= 0.3 is 6.18 Å². The van der Waals surface area contributed by atoms with Crippen LogP contribution in [0.2, 0.25) is 0 Å². The molecule has 174 valence electrons. The van der Waals surface area contributed by atoms with Gasteiger partial charge in [-0.05, 0) is 61.4 Å². The molecule has 33 heavy (non-hydrogen) atoms. The van der Waals surface area contributed by atoms with Crippen LogP contribution in [0, 0.1) is 19.7 Å². The predicted octanol–water partition coefficient (Wildman–Crippen LogP) is 3.94. The quantitative estimate of drug-likeness (QED) is 0.529. The Morgan fingerprint density at radius 1 is 1.09 bits per heavy atom. The van der Waals surface area contributed by atoms with Crippen molar-refractivity contribution in [2.24, 2.45) is 5.14 Å². The van der Waals surface area contributed by atoms with Crippen molar-refractivity contribution in [1.29, 1.82) is 0 Å². The van der Waals surface area contributed by atoms with E-state index in [1.165, 1.54) is 31.2 Å². The number of halogens is 4. The molecule has 3 N–H and O–H groups in total. The molecule has 1 aromatic heterocycles. The summed E-state index contributed by atoms with van der Waals surface area (Å²) in [5, 5.41) is 13.9. The van der Waals surface area contributed by atoms with Crippen LogP contribution in [-0.4, -0.2) is 24.5 Å². The van der Waals surface area contributed by atoms with Crippen LogP contribution in [0.5, 0.6) is 11.6 Å². The first-order valence-electron chi connectivity index (χ1n) is 9.10. The molecule has 1 amide bonds. The van der Waals surface area contributed by atoms with Crippen LogP contribution in [0.3, 0.4) is 0 Å². The predicted molar refractivity (Wildman–Crippen MR) is 109 cm³/mol. The molecular weight excluding hydrogens is 468 g/mol. The number of primary sulfonamides is 1. The molecule has 3 aromatic rings. The van der Waals surface area contributed by atoms with E-state index in [0.717, 1.165) is 25.1 Å². The van der Waals surface area contributed by atoms with Crippen molar-refractivity contribution >= 4 is 21.6 Å². The number of nitrogens with two attached hydrogens (primary N) is 1. The maximum Gasteiger partial charge on any atom is 0.435 e. The van der Waals surface area contributed by atoms with Crippen molar-refractivity contribution in [2.45, 2.75) is 24.9 Å². The zero-order valence-electron chi connectivity index (χ0n) is 17.1. The van der Waals surface area contributed by atoms with Crippen molar-refractivity contribution in [1.82, 2.24) is 10.2 Å². The molecule has 0 aliphatic heterocycles. The van der Waals surface area contributed by atoms with Crippen LogP contribution >= 0.6 is 0 Å². The van der Waals surface area contributed by atoms with E-state index in [0.29, 0.717) is 5.56 Å². The second-order valence-electron chi connectivity index (χ2n) is 6.89. The highest BCUT2D eigenvalue weighted by Crippen LogP contribution is 2.35. The number of anilines is 1. The lowest BCUT2D eigenvalue weighted by atomic mass is 10.1. The van der Waals surface area contributed by atoms with E-state index in [-0.39, 0.29) is 16.3 Å². The Labute approximate surface area is 185 Å². The van der Waals surface area contributed by atoms with Gasteiger partial charge in [0.1, 0.15) is 17.1 Å². The minimum atomic E-state index is -4.91. The topological polar surface area (TPSA) is 124 Å². The SMILES string of the molecule is Cc1cc(F)ccc1Oc1nnc(C(F)(F)F)c(C)c1C(=O)Nc1cccc(S(N)(=O)=O)c1. The summed E-state index contributed by atoms with van der Waals surface area (Å²) in [5.74, 6) is -2.16. The lowest BCUT2D eigenvalue weighted by Gasteiger charge is -2.16. The number of benzene rings is 2. The molecule has 0 spiro atoms. The van der Waals surface area contributed by atoms with Gasteiger partial charge in [-0.1, -0.05) is 6.07 Å². The summed E-state index contributed by atoms with van der Waals surface area (Å²) in [7, 11) is -4.09. The third kappa shape index (κ3) is 5.43. The van der Waals surface area contributed by atoms with Crippen LogP contribution in [-0.2, 0) is 16.2 Å². The molecule has 0 fully saturated rings. The summed E-state index contributed by atoms with van der Waals surface area (Å²) in [5.41, 5.74) is -2.34. The van der Waals surface area contributed by atoms with Gasteiger partial charge in [0, 0.05) is 5.69 Å². The molecule has 3 rings (SSSR count). The van der Waals surface area contributed by atoms with Crippen molar-refractivity contribution in [3.63, 3.8) is 0 Å². The number of carbonyl (C=O) groups excluding carboxylic acids is 1. The lowest BCUT2D eigenvalue weighted by Crippen LogP contribution is -2.21. The minimum Gasteiger partial charge on any atom is -0.437 e. The van der Waals surface area contributed by atoms with Crippen LogP contribution < -0.4 is 15.2 Å². The first-order valence-corrected chi connectivity index (χ1v) is 10.6. The number of aromatic nitrogens is 2. The van der Waals surface area contributed by atoms with Crippen LogP contribution in [0.1, 0.15) is 27.2 Å². The minimum absolute atomic E-state index is 0.0372. The molecule has 0 saturated carbocycles. The number of amides is 1. The van der Waals surface area contributed by atoms with Crippen molar-refractivity contribution in [3.8, 4) is 11.6 Å².